The maximum absolute atomic E-state index is 12.9. The standard InChI is InChI=1S/C67H131N3O30/c1-6-99-65(73)10-9-64(72)70(15-8-13-69-66(74)100-67(2,3)4)14-7-12-68-63(71)11-16-76-19-20-78-23-24-80-27-28-82-31-32-84-35-36-86-39-40-88-43-44-90-47-48-92-51-52-94-55-56-96-59-60-98-62-61-97-58-57-95-54-53-93-50-49-91-46-45-89-42-41-87-38-37-85-34-33-83-30-29-81-26-25-79-22-21-77-18-17-75-5/h6-62H2,1-5H3,(H,68,71)(H,69,74). The topological polar surface area (TPSA) is 336 Å². The number of carbonyl (C=O) groups is 4. The fourth-order valence-electron chi connectivity index (χ4n) is 7.57. The number of nitrogens with zero attached hydrogens (tertiary/aromatic N) is 1. The van der Waals surface area contributed by atoms with Crippen LogP contribution in [-0.2, 0) is 138 Å². The van der Waals surface area contributed by atoms with E-state index < -0.39 is 17.7 Å². The number of hydrogen-bond donors (Lipinski definition) is 2. The predicted octanol–water partition coefficient (Wildman–Crippen LogP) is 2.00. The van der Waals surface area contributed by atoms with Gasteiger partial charge < -0.3 is 139 Å². The first-order valence-corrected chi connectivity index (χ1v) is 35.5. The van der Waals surface area contributed by atoms with Gasteiger partial charge in [-0.25, -0.2) is 4.79 Å². The molecule has 33 nitrogen and oxygen atoms in total. The average Bonchev–Trinajstić information content (AvgIpc) is 1.04. The zero-order valence-corrected chi connectivity index (χ0v) is 61.5. The van der Waals surface area contributed by atoms with Crippen LogP contribution in [0.3, 0.4) is 0 Å². The molecule has 0 rings (SSSR count). The van der Waals surface area contributed by atoms with Crippen LogP contribution in [0.2, 0.25) is 0 Å². The molecular formula is C67H131N3O30. The number of hydrogen-bond acceptors (Lipinski definition) is 30. The summed E-state index contributed by atoms with van der Waals surface area (Å²) in [5.41, 5.74) is -0.617. The minimum atomic E-state index is -0.617. The van der Waals surface area contributed by atoms with Gasteiger partial charge in [0.15, 0.2) is 0 Å². The van der Waals surface area contributed by atoms with Crippen molar-refractivity contribution >= 4 is 23.9 Å². The molecule has 0 heterocycles. The van der Waals surface area contributed by atoms with Crippen molar-refractivity contribution in [2.75, 3.05) is 350 Å². The summed E-state index contributed by atoms with van der Waals surface area (Å²) in [6.07, 6.45) is 0.649. The largest absolute Gasteiger partial charge is 0.466 e. The third-order valence-electron chi connectivity index (χ3n) is 12.5. The fourth-order valence-corrected chi connectivity index (χ4v) is 7.57. The molecule has 0 saturated carbocycles. The highest BCUT2D eigenvalue weighted by atomic mass is 16.6. The number of amides is 3. The summed E-state index contributed by atoms with van der Waals surface area (Å²) < 4.78 is 142. The third-order valence-corrected chi connectivity index (χ3v) is 12.5. The average molecular weight is 1460 g/mol. The van der Waals surface area contributed by atoms with Crippen LogP contribution in [0, 0.1) is 0 Å². The molecule has 0 spiro atoms. The van der Waals surface area contributed by atoms with Crippen molar-refractivity contribution in [3.8, 4) is 0 Å². The van der Waals surface area contributed by atoms with Gasteiger partial charge in [-0.3, -0.25) is 14.4 Å². The van der Waals surface area contributed by atoms with Crippen LogP contribution in [0.4, 0.5) is 4.79 Å². The quantitative estimate of drug-likeness (QED) is 0.0649. The summed E-state index contributed by atoms with van der Waals surface area (Å²) in [6.45, 7) is 30.7. The van der Waals surface area contributed by atoms with Gasteiger partial charge >= 0.3 is 12.1 Å². The molecule has 100 heavy (non-hydrogen) atoms. The van der Waals surface area contributed by atoms with Crippen LogP contribution < -0.4 is 10.6 Å². The Labute approximate surface area is 595 Å². The molecule has 0 aromatic carbocycles. The lowest BCUT2D eigenvalue weighted by Gasteiger charge is -2.23. The highest BCUT2D eigenvalue weighted by Gasteiger charge is 2.18. The van der Waals surface area contributed by atoms with Gasteiger partial charge in [-0.05, 0) is 40.5 Å². The summed E-state index contributed by atoms with van der Waals surface area (Å²) in [7, 11) is 1.64. The molecule has 0 radical (unpaired) electrons. The van der Waals surface area contributed by atoms with Gasteiger partial charge in [-0.2, -0.15) is 0 Å². The van der Waals surface area contributed by atoms with E-state index in [1.54, 1.807) is 39.7 Å². The zero-order valence-electron chi connectivity index (χ0n) is 61.5. The Morgan fingerprint density at radius 2 is 0.510 bits per heavy atom. The second-order valence-electron chi connectivity index (χ2n) is 22.0. The zero-order chi connectivity index (χ0) is 72.5. The number of methoxy groups -OCH3 is 1. The Morgan fingerprint density at radius 1 is 0.290 bits per heavy atom. The Kier molecular flexibility index (Phi) is 78.7. The van der Waals surface area contributed by atoms with Crippen molar-refractivity contribution in [1.82, 2.24) is 15.5 Å². The minimum Gasteiger partial charge on any atom is -0.466 e. The molecule has 33 heteroatoms. The Morgan fingerprint density at radius 3 is 0.730 bits per heavy atom. The first-order chi connectivity index (χ1) is 49.1. The van der Waals surface area contributed by atoms with Crippen LogP contribution in [0.1, 0.15) is 59.8 Å². The SMILES string of the molecule is CCOC(=O)CCC(=O)N(CCCNC(=O)CCOCCOCCOCCOCCOCCOCCOCCOCCOCCOCCOCCOCCOCCOCCOCCOCCOCCOCCOCCOCCOCCOCCOCCOC)CCCNC(=O)OC(C)(C)C. The molecule has 0 bridgehead atoms. The molecule has 0 aliphatic rings. The lowest BCUT2D eigenvalue weighted by atomic mass is 10.2. The number of carbonyl (C=O) groups excluding carboxylic acids is 4. The molecule has 0 saturated heterocycles. The molecule has 594 valence electrons. The van der Waals surface area contributed by atoms with E-state index in [2.05, 4.69) is 10.6 Å². The minimum absolute atomic E-state index is 0.0126. The van der Waals surface area contributed by atoms with Crippen LogP contribution in [0.15, 0.2) is 0 Å². The molecule has 0 aromatic heterocycles. The van der Waals surface area contributed by atoms with Crippen molar-refractivity contribution in [3.05, 3.63) is 0 Å². The smallest absolute Gasteiger partial charge is 0.407 e. The Bertz CT molecular complexity index is 1700. The molecule has 2 N–H and O–H groups in total. The van der Waals surface area contributed by atoms with Crippen molar-refractivity contribution in [1.29, 1.82) is 0 Å². The predicted molar refractivity (Wildman–Crippen MR) is 364 cm³/mol. The fraction of sp³-hybridized carbons (Fsp3) is 0.940. The van der Waals surface area contributed by atoms with E-state index in [4.69, 9.17) is 123 Å². The molecule has 0 aromatic rings. The van der Waals surface area contributed by atoms with Gasteiger partial charge in [-0.15, -0.1) is 0 Å². The number of alkyl carbamates (subject to hydrolysis) is 1. The summed E-state index contributed by atoms with van der Waals surface area (Å²) in [6, 6.07) is 0. The molecular weight excluding hydrogens is 1330 g/mol. The molecule has 0 fully saturated rings. The summed E-state index contributed by atoms with van der Waals surface area (Å²) in [5, 5.41) is 5.52. The van der Waals surface area contributed by atoms with E-state index in [0.717, 1.165) is 0 Å². The Hall–Kier alpha value is -3.28. The monoisotopic (exact) mass is 1460 g/mol. The highest BCUT2D eigenvalue weighted by Crippen LogP contribution is 2.07. The summed E-state index contributed by atoms with van der Waals surface area (Å²) in [4.78, 5) is 50.5. The van der Waals surface area contributed by atoms with E-state index in [-0.39, 0.29) is 44.3 Å². The third kappa shape index (κ3) is 82.0. The van der Waals surface area contributed by atoms with Gasteiger partial charge in [0.1, 0.15) is 5.60 Å². The van der Waals surface area contributed by atoms with Crippen molar-refractivity contribution < 1.29 is 142 Å². The first-order valence-electron chi connectivity index (χ1n) is 35.5. The lowest BCUT2D eigenvalue weighted by Crippen LogP contribution is -2.38. The summed E-state index contributed by atoms with van der Waals surface area (Å²) in [5.74, 6) is -0.808. The maximum Gasteiger partial charge on any atom is 0.407 e. The van der Waals surface area contributed by atoms with E-state index in [9.17, 15) is 19.2 Å². The van der Waals surface area contributed by atoms with Gasteiger partial charge in [0.25, 0.3) is 0 Å². The second-order valence-corrected chi connectivity index (χ2v) is 22.0. The van der Waals surface area contributed by atoms with Crippen molar-refractivity contribution in [2.45, 2.75) is 65.4 Å². The van der Waals surface area contributed by atoms with Crippen LogP contribution in [-0.4, -0.2) is 385 Å². The van der Waals surface area contributed by atoms with E-state index in [0.29, 0.717) is 343 Å². The number of esters is 1. The molecule has 0 aliphatic heterocycles. The lowest BCUT2D eigenvalue weighted by molar-refractivity contribution is -0.145. The number of rotatable bonds is 84. The summed E-state index contributed by atoms with van der Waals surface area (Å²) >= 11 is 0. The van der Waals surface area contributed by atoms with Gasteiger partial charge in [0, 0.05) is 46.1 Å². The van der Waals surface area contributed by atoms with Crippen LogP contribution >= 0.6 is 0 Å². The van der Waals surface area contributed by atoms with Crippen LogP contribution in [0.25, 0.3) is 0 Å². The van der Waals surface area contributed by atoms with E-state index >= 15 is 0 Å². The van der Waals surface area contributed by atoms with E-state index in [1.165, 1.54) is 0 Å². The molecule has 3 amide bonds. The highest BCUT2D eigenvalue weighted by molar-refractivity contribution is 5.81. The molecule has 0 atom stereocenters. The normalized spacial score (nSPS) is 11.7. The maximum atomic E-state index is 12.9. The molecule has 0 aliphatic carbocycles. The van der Waals surface area contributed by atoms with Crippen LogP contribution in [0.5, 0.6) is 0 Å². The van der Waals surface area contributed by atoms with Crippen molar-refractivity contribution in [2.24, 2.45) is 0 Å². The number of ether oxygens (including phenoxy) is 26. The van der Waals surface area contributed by atoms with Crippen molar-refractivity contribution in [3.63, 3.8) is 0 Å². The first kappa shape index (κ1) is 96.7. The second kappa shape index (κ2) is 81.4. The van der Waals surface area contributed by atoms with E-state index in [1.807, 2.05) is 0 Å². The van der Waals surface area contributed by atoms with Gasteiger partial charge in [0.05, 0.1) is 324 Å². The molecule has 0 unspecified atom stereocenters. The number of nitrogens with one attached hydrogen (secondary N) is 2. The van der Waals surface area contributed by atoms with Gasteiger partial charge in [-0.1, -0.05) is 0 Å². The van der Waals surface area contributed by atoms with Gasteiger partial charge in [0.2, 0.25) is 11.8 Å². The Balaban J connectivity index is 3.30.